The normalized spacial score (nSPS) is 10.7. The van der Waals surface area contributed by atoms with Crippen LogP contribution >= 0.6 is 11.3 Å². The number of Topliss-reactive ketones (excluding diaryl/α,β-unsaturated/α-hetero) is 1. The number of carbonyl (C=O) groups is 2. The fourth-order valence-corrected chi connectivity index (χ4v) is 3.62. The molecule has 0 aliphatic carbocycles. The maximum atomic E-state index is 11.9. The Morgan fingerprint density at radius 2 is 1.69 bits per heavy atom. The zero-order valence-corrected chi connectivity index (χ0v) is 15.0. The number of carboxylic acids is 1. The molecule has 0 spiro atoms. The van der Waals surface area contributed by atoms with Crippen LogP contribution in [-0.2, 0) is 11.2 Å². The van der Waals surface area contributed by atoms with Crippen molar-refractivity contribution in [3.63, 3.8) is 0 Å². The van der Waals surface area contributed by atoms with Gasteiger partial charge >= 0.3 is 5.97 Å². The Balaban J connectivity index is 1.60. The molecule has 134 valence electrons. The van der Waals surface area contributed by atoms with E-state index in [1.54, 1.807) is 24.3 Å². The van der Waals surface area contributed by atoms with Gasteiger partial charge in [0.25, 0.3) is 0 Å². The van der Waals surface area contributed by atoms with Crippen LogP contribution < -0.4 is 9.47 Å². The number of carbonyl (C=O) groups excluding carboxylic acids is 1. The Labute approximate surface area is 154 Å². The van der Waals surface area contributed by atoms with Crippen molar-refractivity contribution in [1.29, 1.82) is 0 Å². The minimum absolute atomic E-state index is 0.0115. The number of aliphatic carboxylic acids is 1. The van der Waals surface area contributed by atoms with E-state index in [0.717, 1.165) is 15.6 Å². The summed E-state index contributed by atoms with van der Waals surface area (Å²) in [7, 11) is 0. The van der Waals surface area contributed by atoms with Gasteiger partial charge in [-0.2, -0.15) is 0 Å². The molecule has 1 aromatic heterocycles. The summed E-state index contributed by atoms with van der Waals surface area (Å²) in [4.78, 5) is 23.1. The van der Waals surface area contributed by atoms with Crippen LogP contribution in [0.1, 0.15) is 22.2 Å². The third kappa shape index (κ3) is 4.21. The predicted octanol–water partition coefficient (Wildman–Crippen LogP) is 4.19. The van der Waals surface area contributed by atoms with E-state index >= 15 is 0 Å². The van der Waals surface area contributed by atoms with Crippen molar-refractivity contribution in [2.45, 2.75) is 13.3 Å². The molecule has 26 heavy (non-hydrogen) atoms. The number of hydrogen-bond acceptors (Lipinski definition) is 5. The number of hydrogen-bond donors (Lipinski definition) is 1. The van der Waals surface area contributed by atoms with E-state index < -0.39 is 5.97 Å². The highest BCUT2D eigenvalue weighted by Gasteiger charge is 2.16. The molecule has 6 heteroatoms. The second kappa shape index (κ2) is 8.01. The zero-order valence-electron chi connectivity index (χ0n) is 14.2. The average Bonchev–Trinajstić information content (AvgIpc) is 2.99. The summed E-state index contributed by atoms with van der Waals surface area (Å²) < 4.78 is 12.5. The van der Waals surface area contributed by atoms with Crippen LogP contribution in [-0.4, -0.2) is 30.1 Å². The quantitative estimate of drug-likeness (QED) is 0.475. The van der Waals surface area contributed by atoms with Crippen LogP contribution in [0, 0.1) is 0 Å². The summed E-state index contributed by atoms with van der Waals surface area (Å²) >= 11 is 1.43. The summed E-state index contributed by atoms with van der Waals surface area (Å²) in [5.74, 6) is 0.371. The number of ether oxygens (including phenoxy) is 2. The molecule has 0 saturated heterocycles. The zero-order chi connectivity index (χ0) is 18.5. The van der Waals surface area contributed by atoms with E-state index in [9.17, 15) is 9.59 Å². The lowest BCUT2D eigenvalue weighted by Crippen LogP contribution is -2.10. The molecule has 0 amide bonds. The van der Waals surface area contributed by atoms with Crippen molar-refractivity contribution in [3.05, 3.63) is 59.0 Å². The molecule has 0 atom stereocenters. The maximum Gasteiger partial charge on any atom is 0.307 e. The van der Waals surface area contributed by atoms with Gasteiger partial charge in [0.1, 0.15) is 29.6 Å². The van der Waals surface area contributed by atoms with Crippen LogP contribution in [0.3, 0.4) is 0 Å². The van der Waals surface area contributed by atoms with Crippen LogP contribution in [0.25, 0.3) is 10.1 Å². The number of thiophene rings is 1. The number of carboxylic acid groups (broad SMARTS) is 1. The van der Waals surface area contributed by atoms with Gasteiger partial charge in [0, 0.05) is 17.0 Å². The fraction of sp³-hybridized carbons (Fsp3) is 0.200. The molecule has 0 aliphatic heterocycles. The first kappa shape index (κ1) is 17.9. The SMILES string of the molecule is CC(=O)c1sc2ccccc2c1OCCOc1ccc(CC(=O)O)cc1. The molecule has 0 saturated carbocycles. The van der Waals surface area contributed by atoms with E-state index in [-0.39, 0.29) is 12.2 Å². The Morgan fingerprint density at radius 1 is 1.00 bits per heavy atom. The van der Waals surface area contributed by atoms with E-state index in [1.165, 1.54) is 18.3 Å². The molecule has 0 fully saturated rings. The van der Waals surface area contributed by atoms with Gasteiger partial charge in [-0.05, 0) is 29.8 Å². The third-order valence-corrected chi connectivity index (χ3v) is 5.00. The Hall–Kier alpha value is -2.86. The lowest BCUT2D eigenvalue weighted by atomic mass is 10.1. The van der Waals surface area contributed by atoms with E-state index in [2.05, 4.69) is 0 Å². The Kier molecular flexibility index (Phi) is 5.53. The number of ketones is 1. The second-order valence-electron chi connectivity index (χ2n) is 5.72. The van der Waals surface area contributed by atoms with Crippen LogP contribution in [0.4, 0.5) is 0 Å². The Bertz CT molecular complexity index is 927. The Morgan fingerprint density at radius 3 is 2.38 bits per heavy atom. The minimum Gasteiger partial charge on any atom is -0.490 e. The molecule has 0 aliphatic rings. The van der Waals surface area contributed by atoms with Gasteiger partial charge in [-0.15, -0.1) is 11.3 Å². The lowest BCUT2D eigenvalue weighted by Gasteiger charge is -2.09. The largest absolute Gasteiger partial charge is 0.490 e. The van der Waals surface area contributed by atoms with Gasteiger partial charge in [0.05, 0.1) is 6.42 Å². The molecule has 0 unspecified atom stereocenters. The highest BCUT2D eigenvalue weighted by molar-refractivity contribution is 7.21. The number of fused-ring (bicyclic) bond motifs is 1. The third-order valence-electron chi connectivity index (χ3n) is 3.75. The van der Waals surface area contributed by atoms with Gasteiger partial charge in [-0.3, -0.25) is 9.59 Å². The van der Waals surface area contributed by atoms with Crippen LogP contribution in [0.2, 0.25) is 0 Å². The molecule has 0 radical (unpaired) electrons. The van der Waals surface area contributed by atoms with Gasteiger partial charge in [-0.25, -0.2) is 0 Å². The average molecular weight is 370 g/mol. The summed E-state index contributed by atoms with van der Waals surface area (Å²) in [5, 5.41) is 9.70. The van der Waals surface area contributed by atoms with Crippen molar-refractivity contribution >= 4 is 33.2 Å². The van der Waals surface area contributed by atoms with Crippen molar-refractivity contribution in [2.75, 3.05) is 13.2 Å². The molecule has 3 aromatic rings. The van der Waals surface area contributed by atoms with E-state index in [0.29, 0.717) is 29.6 Å². The van der Waals surface area contributed by atoms with Gasteiger partial charge < -0.3 is 14.6 Å². The van der Waals surface area contributed by atoms with E-state index in [1.807, 2.05) is 24.3 Å². The molecular formula is C20H18O5S. The standard InChI is InChI=1S/C20H18O5S/c1-13(21)20-19(16-4-2-3-5-17(16)26-20)25-11-10-24-15-8-6-14(7-9-15)12-18(22)23/h2-9H,10-12H2,1H3,(H,22,23). The highest BCUT2D eigenvalue weighted by atomic mass is 32.1. The smallest absolute Gasteiger partial charge is 0.307 e. The van der Waals surface area contributed by atoms with Crippen molar-refractivity contribution < 1.29 is 24.2 Å². The predicted molar refractivity (Wildman–Crippen MR) is 101 cm³/mol. The molecular weight excluding hydrogens is 352 g/mol. The van der Waals surface area contributed by atoms with Crippen molar-refractivity contribution in [1.82, 2.24) is 0 Å². The monoisotopic (exact) mass is 370 g/mol. The molecule has 1 heterocycles. The molecule has 2 aromatic carbocycles. The second-order valence-corrected chi connectivity index (χ2v) is 6.78. The summed E-state index contributed by atoms with van der Waals surface area (Å²) in [5.41, 5.74) is 0.719. The molecule has 3 rings (SSSR count). The summed E-state index contributed by atoms with van der Waals surface area (Å²) in [6.45, 7) is 2.16. The topological polar surface area (TPSA) is 72.8 Å². The van der Waals surface area contributed by atoms with Crippen molar-refractivity contribution in [3.8, 4) is 11.5 Å². The van der Waals surface area contributed by atoms with Gasteiger partial charge in [-0.1, -0.05) is 24.3 Å². The van der Waals surface area contributed by atoms with E-state index in [4.69, 9.17) is 14.6 Å². The number of rotatable bonds is 8. The first-order valence-corrected chi connectivity index (χ1v) is 8.95. The molecule has 1 N–H and O–H groups in total. The first-order chi connectivity index (χ1) is 12.5. The first-order valence-electron chi connectivity index (χ1n) is 8.13. The van der Waals surface area contributed by atoms with Crippen molar-refractivity contribution in [2.24, 2.45) is 0 Å². The van der Waals surface area contributed by atoms with Crippen LogP contribution in [0.5, 0.6) is 11.5 Å². The van der Waals surface area contributed by atoms with Crippen LogP contribution in [0.15, 0.2) is 48.5 Å². The summed E-state index contributed by atoms with van der Waals surface area (Å²) in [6, 6.07) is 14.7. The van der Waals surface area contributed by atoms with Gasteiger partial charge in [0.15, 0.2) is 5.78 Å². The lowest BCUT2D eigenvalue weighted by molar-refractivity contribution is -0.136. The summed E-state index contributed by atoms with van der Waals surface area (Å²) in [6.07, 6.45) is -0.0115. The fourth-order valence-electron chi connectivity index (χ4n) is 2.58. The number of benzene rings is 2. The van der Waals surface area contributed by atoms with Gasteiger partial charge in [0.2, 0.25) is 0 Å². The molecule has 5 nitrogen and oxygen atoms in total. The minimum atomic E-state index is -0.865. The maximum absolute atomic E-state index is 11.9. The molecule has 0 bridgehead atoms. The highest BCUT2D eigenvalue weighted by Crippen LogP contribution is 2.37.